The van der Waals surface area contributed by atoms with Gasteiger partial charge in [0.2, 0.25) is 0 Å². The fourth-order valence-electron chi connectivity index (χ4n) is 0. The zero-order chi connectivity index (χ0) is 3.58. The molecule has 20 valence electrons. The molecule has 0 aliphatic rings. The number of halogens is 1. The van der Waals surface area contributed by atoms with Gasteiger partial charge in [-0.1, -0.05) is 4.57 Å². The third kappa shape index (κ3) is 279. The Bertz CT molecular complexity index is 31.0. The second-order valence-electron chi connectivity index (χ2n) is 0.272. The molecule has 0 spiro atoms. The van der Waals surface area contributed by atoms with Crippen LogP contribution in [0.2, 0.25) is 0 Å². The first-order chi connectivity index (χ1) is 1.73. The van der Waals surface area contributed by atoms with Crippen LogP contribution in [0.1, 0.15) is 0 Å². The van der Waals surface area contributed by atoms with Gasteiger partial charge in [0.05, 0.1) is 0 Å². The van der Waals surface area contributed by atoms with E-state index in [2.05, 4.69) is 7.57 Å². The maximum Gasteiger partial charge on any atom is 0.563 e. The van der Waals surface area contributed by atoms with Crippen molar-refractivity contribution < 1.29 is 8.76 Å². The van der Waals surface area contributed by atoms with Crippen molar-refractivity contribution in [3.63, 3.8) is 0 Å². The van der Waals surface area contributed by atoms with Crippen LogP contribution in [0, 0.1) is 0 Å². The highest BCUT2D eigenvalue weighted by Crippen LogP contribution is 2.09. The quantitative estimate of drug-likeness (QED) is 0.308. The highest BCUT2D eigenvalue weighted by molar-refractivity contribution is 7.67. The molecule has 0 rings (SSSR count). The Kier molecular flexibility index (Phi) is 1.45. The fraction of sp³-hybridized carbons (Fsp3) is 0. The van der Waals surface area contributed by atoms with Crippen LogP contribution in [0.4, 0.5) is 4.20 Å². The number of hydrogen-bond acceptors (Lipinski definition) is 1. The molecular weight excluding hydrogens is 76.8 g/mol. The molecule has 0 saturated carbocycles. The van der Waals surface area contributed by atoms with Gasteiger partial charge in [-0.25, -0.2) is 0 Å². The molecule has 1 atom stereocenters. The number of rotatable bonds is 0. The van der Waals surface area contributed by atoms with Crippen LogP contribution in [-0.2, 0) is 4.57 Å². The van der Waals surface area contributed by atoms with Crippen molar-refractivity contribution in [2.24, 2.45) is 0 Å². The van der Waals surface area contributed by atoms with E-state index in [0.29, 0.717) is 0 Å². The largest absolute Gasteiger partial charge is 0.563 e. The van der Waals surface area contributed by atoms with E-state index in [1.54, 1.807) is 0 Å². The molecule has 1 nitrogen and oxygen atoms in total. The van der Waals surface area contributed by atoms with Crippen molar-refractivity contribution >= 4 is 15.6 Å². The Labute approximate surface area is 25.5 Å². The van der Waals surface area contributed by atoms with Crippen molar-refractivity contribution in [1.29, 1.82) is 0 Å². The van der Waals surface area contributed by atoms with E-state index in [-0.39, 0.29) is 0 Å². The lowest BCUT2D eigenvalue weighted by Gasteiger charge is -1.27. The first kappa shape index (κ1) is 4.09. The van der Waals surface area contributed by atoms with Crippen molar-refractivity contribution in [2.45, 2.75) is 0 Å². The van der Waals surface area contributed by atoms with E-state index in [9.17, 15) is 4.20 Å². The van der Waals surface area contributed by atoms with Crippen LogP contribution in [0.3, 0.4) is 0 Å². The topological polar surface area (TPSA) is 17.1 Å². The smallest absolute Gasteiger partial charge is 0.0555 e. The summed E-state index contributed by atoms with van der Waals surface area (Å²) in [6.07, 6.45) is 0. The molecule has 0 aliphatic carbocycles. The van der Waals surface area contributed by atoms with Crippen LogP contribution in [0.15, 0.2) is 0 Å². The van der Waals surface area contributed by atoms with Crippen LogP contribution >= 0.6 is 7.99 Å². The lowest BCUT2D eigenvalue weighted by Crippen LogP contribution is -1.28. The lowest BCUT2D eigenvalue weighted by molar-refractivity contribution is 0.571. The zero-order valence-electron chi connectivity index (χ0n) is 1.81. The molecule has 0 N–H and O–H groups in total. The molecule has 0 amide bonds. The normalized spacial score (nSPS) is 10.8. The summed E-state index contributed by atoms with van der Waals surface area (Å²) in [6.45, 7) is 0. The number of hydrogen-bond donors (Lipinski definition) is 0. The minimum absolute atomic E-state index is 2.87. The molecular formula is BFOP+. The van der Waals surface area contributed by atoms with Crippen LogP contribution in [-0.4, -0.2) is 7.57 Å². The van der Waals surface area contributed by atoms with Crippen LogP contribution in [0.5, 0.6) is 0 Å². The van der Waals surface area contributed by atoms with Crippen molar-refractivity contribution in [1.82, 2.24) is 0 Å². The molecule has 4 heteroatoms. The van der Waals surface area contributed by atoms with Crippen molar-refractivity contribution in [3.05, 3.63) is 0 Å². The second-order valence-corrected chi connectivity index (χ2v) is 0.816. The Morgan fingerprint density at radius 3 is 2.00 bits per heavy atom. The highest BCUT2D eigenvalue weighted by Gasteiger charge is 1.95. The summed E-state index contributed by atoms with van der Waals surface area (Å²) in [5, 5.41) is 0. The summed E-state index contributed by atoms with van der Waals surface area (Å²) < 4.78 is 19.0. The average Bonchev–Trinajstić information content (AvgIpc) is 0.811. The van der Waals surface area contributed by atoms with Gasteiger partial charge in [0, 0.05) is 4.20 Å². The van der Waals surface area contributed by atoms with Gasteiger partial charge in [0.25, 0.3) is 0 Å². The molecule has 0 bridgehead atoms. The maximum atomic E-state index is 10.3. The summed E-state index contributed by atoms with van der Waals surface area (Å²) in [5.74, 6) is 0. The predicted octanol–water partition coefficient (Wildman–Crippen LogP) is 0.782. The third-order valence-corrected chi connectivity index (χ3v) is 0. The summed E-state index contributed by atoms with van der Waals surface area (Å²) in [5.41, 5.74) is 0. The van der Waals surface area contributed by atoms with Crippen molar-refractivity contribution in [2.75, 3.05) is 0 Å². The molecule has 0 aromatic carbocycles. The minimum atomic E-state index is -2.87. The molecule has 2 radical (unpaired) electrons. The Morgan fingerprint density at radius 1 is 2.00 bits per heavy atom. The van der Waals surface area contributed by atoms with Gasteiger partial charge in [0.1, 0.15) is 0 Å². The highest BCUT2D eigenvalue weighted by atomic mass is 31.1. The van der Waals surface area contributed by atoms with Crippen LogP contribution < -0.4 is 0 Å². The monoisotopic (exact) mass is 77.0 g/mol. The Morgan fingerprint density at radius 2 is 2.00 bits per heavy atom. The second kappa shape index (κ2) is 1.42. The van der Waals surface area contributed by atoms with Gasteiger partial charge in [-0.15, -0.1) is 0 Å². The lowest BCUT2D eigenvalue weighted by atomic mass is 10.8. The first-order valence-electron chi connectivity index (χ1n) is 0.610. The van der Waals surface area contributed by atoms with E-state index < -0.39 is 7.99 Å². The standard InChI is InChI=1S/BFOP/c1-4(2)3/q+1. The molecule has 0 aromatic heterocycles. The summed E-state index contributed by atoms with van der Waals surface area (Å²) in [6, 6.07) is 0. The summed E-state index contributed by atoms with van der Waals surface area (Å²) in [4.78, 5) is 0. The van der Waals surface area contributed by atoms with Gasteiger partial charge < -0.3 is 0 Å². The van der Waals surface area contributed by atoms with Gasteiger partial charge >= 0.3 is 15.6 Å². The minimum Gasteiger partial charge on any atom is -0.0555 e. The van der Waals surface area contributed by atoms with Gasteiger partial charge in [0.15, 0.2) is 0 Å². The van der Waals surface area contributed by atoms with Gasteiger partial charge in [-0.2, -0.15) is 0 Å². The van der Waals surface area contributed by atoms with E-state index in [1.807, 2.05) is 0 Å². The van der Waals surface area contributed by atoms with Crippen LogP contribution in [0.25, 0.3) is 0 Å². The summed E-state index contributed by atoms with van der Waals surface area (Å²) >= 11 is 0. The van der Waals surface area contributed by atoms with E-state index >= 15 is 0 Å². The Balaban J connectivity index is 2.80. The van der Waals surface area contributed by atoms with E-state index in [1.165, 1.54) is 0 Å². The summed E-state index contributed by atoms with van der Waals surface area (Å²) in [7, 11) is 1.08. The average molecular weight is 76.8 g/mol. The molecule has 1 unspecified atom stereocenters. The van der Waals surface area contributed by atoms with Crippen molar-refractivity contribution in [3.8, 4) is 0 Å². The molecule has 0 saturated heterocycles. The Hall–Kier alpha value is 0.0949. The van der Waals surface area contributed by atoms with E-state index in [0.717, 1.165) is 0 Å². The third-order valence-electron chi connectivity index (χ3n) is 0. The molecule has 0 heterocycles. The first-order valence-corrected chi connectivity index (χ1v) is 1.83. The van der Waals surface area contributed by atoms with Gasteiger partial charge in [-0.05, 0) is 0 Å². The SMILES string of the molecule is [B][P+](=O)F. The molecule has 0 aromatic rings. The van der Waals surface area contributed by atoms with Gasteiger partial charge in [-0.3, -0.25) is 0 Å². The van der Waals surface area contributed by atoms with E-state index in [4.69, 9.17) is 4.57 Å². The predicted molar refractivity (Wildman–Crippen MR) is 14.5 cm³/mol. The molecule has 4 heavy (non-hydrogen) atoms. The maximum absolute atomic E-state index is 10.3. The molecule has 0 fully saturated rings. The molecule has 0 aliphatic heterocycles. The zero-order valence-corrected chi connectivity index (χ0v) is 2.71. The fourth-order valence-corrected chi connectivity index (χ4v) is 0.